The number of hydrogen-bond acceptors (Lipinski definition) is 2. The quantitative estimate of drug-likeness (QED) is 0.897. The van der Waals surface area contributed by atoms with Crippen LogP contribution in [0.1, 0.15) is 35.6 Å². The minimum absolute atomic E-state index is 0.244. The normalized spacial score (nSPS) is 18.6. The van der Waals surface area contributed by atoms with Crippen LogP contribution in [-0.2, 0) is 19.4 Å². The lowest BCUT2D eigenvalue weighted by atomic mass is 9.92. The highest BCUT2D eigenvalue weighted by Gasteiger charge is 2.18. The average Bonchev–Trinajstić information content (AvgIpc) is 2.82. The molecular weight excluding hydrogens is 222 g/mol. The van der Waals surface area contributed by atoms with Crippen molar-refractivity contribution in [1.82, 2.24) is 9.55 Å². The third kappa shape index (κ3) is 2.31. The number of rotatable bonds is 3. The van der Waals surface area contributed by atoms with Gasteiger partial charge in [0.1, 0.15) is 0 Å². The number of nitrogens with zero attached hydrogens (tertiary/aromatic N) is 2. The topological polar surface area (TPSA) is 43.8 Å². The first-order valence-corrected chi connectivity index (χ1v) is 6.66. The van der Waals surface area contributed by atoms with Gasteiger partial charge in [0.05, 0.1) is 0 Å². The van der Waals surface area contributed by atoms with E-state index in [4.69, 9.17) is 5.73 Å². The van der Waals surface area contributed by atoms with E-state index in [-0.39, 0.29) is 6.04 Å². The van der Waals surface area contributed by atoms with Crippen molar-refractivity contribution < 1.29 is 0 Å². The molecule has 0 fully saturated rings. The molecule has 0 bridgehead atoms. The second kappa shape index (κ2) is 4.94. The Hall–Kier alpha value is -1.61. The van der Waals surface area contributed by atoms with E-state index in [1.807, 2.05) is 18.5 Å². The fraction of sp³-hybridized carbons (Fsp3) is 0.400. The third-order valence-corrected chi connectivity index (χ3v) is 3.74. The first-order valence-electron chi connectivity index (χ1n) is 6.66. The number of nitrogens with two attached hydrogens (primary N) is 1. The summed E-state index contributed by atoms with van der Waals surface area (Å²) in [5.74, 6) is 0. The molecule has 0 saturated carbocycles. The maximum Gasteiger partial charge on any atom is 0.0312 e. The summed E-state index contributed by atoms with van der Waals surface area (Å²) in [5, 5.41) is 0. The van der Waals surface area contributed by atoms with E-state index in [1.54, 1.807) is 0 Å². The second-order valence-electron chi connectivity index (χ2n) is 5.09. The smallest absolute Gasteiger partial charge is 0.0312 e. The zero-order valence-electron chi connectivity index (χ0n) is 10.5. The Morgan fingerprint density at radius 1 is 1.39 bits per heavy atom. The van der Waals surface area contributed by atoms with Gasteiger partial charge in [-0.2, -0.15) is 0 Å². The van der Waals surface area contributed by atoms with Gasteiger partial charge in [-0.25, -0.2) is 0 Å². The minimum Gasteiger partial charge on any atom is -0.353 e. The van der Waals surface area contributed by atoms with E-state index in [1.165, 1.54) is 29.5 Å². The Kier molecular flexibility index (Phi) is 3.15. The first-order chi connectivity index (χ1) is 8.83. The summed E-state index contributed by atoms with van der Waals surface area (Å²) < 4.78 is 2.28. The van der Waals surface area contributed by atoms with Gasteiger partial charge >= 0.3 is 0 Å². The van der Waals surface area contributed by atoms with Gasteiger partial charge in [0.2, 0.25) is 0 Å². The second-order valence-corrected chi connectivity index (χ2v) is 5.09. The molecule has 3 nitrogen and oxygen atoms in total. The summed E-state index contributed by atoms with van der Waals surface area (Å²) in [6, 6.07) is 4.36. The molecule has 1 unspecified atom stereocenters. The number of fused-ring (bicyclic) bond motifs is 1. The van der Waals surface area contributed by atoms with Crippen LogP contribution in [0.2, 0.25) is 0 Å². The van der Waals surface area contributed by atoms with Crippen LogP contribution in [0.5, 0.6) is 0 Å². The SMILES string of the molecule is NC1CCCc2cn(CCc3cccnc3)cc21. The predicted octanol–water partition coefficient (Wildman–Crippen LogP) is 2.46. The van der Waals surface area contributed by atoms with Crippen LogP contribution in [0.15, 0.2) is 36.9 Å². The molecular formula is C15H19N3. The molecule has 0 radical (unpaired) electrons. The van der Waals surface area contributed by atoms with Gasteiger partial charge in [0.15, 0.2) is 0 Å². The molecule has 18 heavy (non-hydrogen) atoms. The van der Waals surface area contributed by atoms with Crippen LogP contribution in [0.4, 0.5) is 0 Å². The highest BCUT2D eigenvalue weighted by Crippen LogP contribution is 2.28. The van der Waals surface area contributed by atoms with Crippen LogP contribution in [0, 0.1) is 0 Å². The molecule has 0 amide bonds. The van der Waals surface area contributed by atoms with Gasteiger partial charge in [-0.3, -0.25) is 4.98 Å². The van der Waals surface area contributed by atoms with Gasteiger partial charge in [0.25, 0.3) is 0 Å². The Morgan fingerprint density at radius 3 is 3.11 bits per heavy atom. The molecule has 1 aliphatic carbocycles. The van der Waals surface area contributed by atoms with E-state index in [0.717, 1.165) is 19.4 Å². The lowest BCUT2D eigenvalue weighted by Gasteiger charge is -2.17. The summed E-state index contributed by atoms with van der Waals surface area (Å²) in [4.78, 5) is 4.14. The van der Waals surface area contributed by atoms with Crippen LogP contribution < -0.4 is 5.73 Å². The molecule has 2 N–H and O–H groups in total. The fourth-order valence-electron chi connectivity index (χ4n) is 2.72. The summed E-state index contributed by atoms with van der Waals surface area (Å²) in [6.07, 6.45) is 12.8. The molecule has 0 aromatic carbocycles. The molecule has 2 aromatic rings. The number of hydrogen-bond donors (Lipinski definition) is 1. The standard InChI is InChI=1S/C15H19N3/c16-15-5-1-4-13-10-18(11-14(13)15)8-6-12-3-2-7-17-9-12/h2-3,7,9-11,15H,1,4-6,8,16H2. The van der Waals surface area contributed by atoms with Gasteiger partial charge in [-0.15, -0.1) is 0 Å². The molecule has 0 spiro atoms. The van der Waals surface area contributed by atoms with Crippen molar-refractivity contribution >= 4 is 0 Å². The van der Waals surface area contributed by atoms with Crippen LogP contribution >= 0.6 is 0 Å². The molecule has 2 aromatic heterocycles. The summed E-state index contributed by atoms with van der Waals surface area (Å²) in [6.45, 7) is 1.01. The van der Waals surface area contributed by atoms with Crippen molar-refractivity contribution in [2.75, 3.05) is 0 Å². The van der Waals surface area contributed by atoms with Gasteiger partial charge in [-0.05, 0) is 48.4 Å². The molecule has 3 rings (SSSR count). The zero-order chi connectivity index (χ0) is 12.4. The molecule has 2 heterocycles. The highest BCUT2D eigenvalue weighted by atomic mass is 14.9. The van der Waals surface area contributed by atoms with Crippen molar-refractivity contribution in [3.63, 3.8) is 0 Å². The van der Waals surface area contributed by atoms with Crippen molar-refractivity contribution in [2.45, 2.75) is 38.3 Å². The maximum atomic E-state index is 6.14. The van der Waals surface area contributed by atoms with E-state index in [0.29, 0.717) is 0 Å². The molecule has 1 atom stereocenters. The Balaban J connectivity index is 1.70. The Labute approximate surface area is 108 Å². The maximum absolute atomic E-state index is 6.14. The van der Waals surface area contributed by atoms with E-state index in [9.17, 15) is 0 Å². The summed E-state index contributed by atoms with van der Waals surface area (Å²) in [7, 11) is 0. The number of aryl methyl sites for hydroxylation is 3. The molecule has 0 aliphatic heterocycles. The van der Waals surface area contributed by atoms with E-state index < -0.39 is 0 Å². The van der Waals surface area contributed by atoms with E-state index in [2.05, 4.69) is 28.0 Å². The molecule has 1 aliphatic rings. The largest absolute Gasteiger partial charge is 0.353 e. The lowest BCUT2D eigenvalue weighted by molar-refractivity contribution is 0.573. The first kappa shape index (κ1) is 11.5. The average molecular weight is 241 g/mol. The summed E-state index contributed by atoms with van der Waals surface area (Å²) in [5.41, 5.74) is 10.2. The van der Waals surface area contributed by atoms with Gasteiger partial charge in [-0.1, -0.05) is 6.07 Å². The van der Waals surface area contributed by atoms with Crippen molar-refractivity contribution in [3.05, 3.63) is 53.6 Å². The Morgan fingerprint density at radius 2 is 2.33 bits per heavy atom. The Bertz CT molecular complexity index is 516. The lowest BCUT2D eigenvalue weighted by Crippen LogP contribution is -2.15. The molecule has 0 saturated heterocycles. The highest BCUT2D eigenvalue weighted by molar-refractivity contribution is 5.30. The minimum atomic E-state index is 0.244. The van der Waals surface area contributed by atoms with Crippen LogP contribution in [0.3, 0.4) is 0 Å². The fourth-order valence-corrected chi connectivity index (χ4v) is 2.72. The number of pyridine rings is 1. The van der Waals surface area contributed by atoms with Crippen LogP contribution in [0.25, 0.3) is 0 Å². The van der Waals surface area contributed by atoms with Gasteiger partial charge in [0, 0.05) is 37.4 Å². The van der Waals surface area contributed by atoms with Crippen molar-refractivity contribution in [2.24, 2.45) is 5.73 Å². The molecule has 94 valence electrons. The zero-order valence-corrected chi connectivity index (χ0v) is 10.5. The van der Waals surface area contributed by atoms with Gasteiger partial charge < -0.3 is 10.3 Å². The van der Waals surface area contributed by atoms with E-state index >= 15 is 0 Å². The van der Waals surface area contributed by atoms with Crippen LogP contribution in [-0.4, -0.2) is 9.55 Å². The van der Waals surface area contributed by atoms with Crippen molar-refractivity contribution in [3.8, 4) is 0 Å². The number of aromatic nitrogens is 2. The van der Waals surface area contributed by atoms with Crippen molar-refractivity contribution in [1.29, 1.82) is 0 Å². The molecule has 3 heteroatoms. The predicted molar refractivity (Wildman–Crippen MR) is 72.2 cm³/mol. The third-order valence-electron chi connectivity index (χ3n) is 3.74. The monoisotopic (exact) mass is 241 g/mol. The summed E-state index contributed by atoms with van der Waals surface area (Å²) >= 11 is 0.